The van der Waals surface area contributed by atoms with Gasteiger partial charge in [-0.1, -0.05) is 26.0 Å². The van der Waals surface area contributed by atoms with Gasteiger partial charge in [0.1, 0.15) is 5.82 Å². The highest BCUT2D eigenvalue weighted by atomic mass is 19.1. The molecule has 1 amide bonds. The van der Waals surface area contributed by atoms with Crippen molar-refractivity contribution in [3.05, 3.63) is 65.0 Å². The molecule has 0 atom stereocenters. The number of benzene rings is 2. The molecule has 2 aromatic carbocycles. The number of nitriles is 1. The van der Waals surface area contributed by atoms with Crippen molar-refractivity contribution in [3.63, 3.8) is 0 Å². The summed E-state index contributed by atoms with van der Waals surface area (Å²) >= 11 is 0. The Labute approximate surface area is 123 Å². The molecule has 0 unspecified atom stereocenters. The van der Waals surface area contributed by atoms with Gasteiger partial charge in [0.05, 0.1) is 17.2 Å². The summed E-state index contributed by atoms with van der Waals surface area (Å²) in [4.78, 5) is 12.0. The number of carbonyl (C=O) groups excluding carboxylic acids is 1. The van der Waals surface area contributed by atoms with Gasteiger partial charge in [0.15, 0.2) is 0 Å². The van der Waals surface area contributed by atoms with Crippen LogP contribution >= 0.6 is 0 Å². The van der Waals surface area contributed by atoms with Gasteiger partial charge in [0, 0.05) is 5.69 Å². The molecule has 0 aliphatic heterocycles. The van der Waals surface area contributed by atoms with E-state index in [4.69, 9.17) is 5.26 Å². The zero-order valence-electron chi connectivity index (χ0n) is 11.9. The molecule has 0 saturated carbocycles. The molecular formula is C17H15FN2O. The van der Waals surface area contributed by atoms with E-state index in [2.05, 4.69) is 19.2 Å². The monoisotopic (exact) mass is 282 g/mol. The molecule has 0 aliphatic carbocycles. The lowest BCUT2D eigenvalue weighted by atomic mass is 10.0. The number of carbonyl (C=O) groups is 1. The molecule has 0 bridgehead atoms. The third kappa shape index (κ3) is 3.46. The fourth-order valence-electron chi connectivity index (χ4n) is 1.92. The molecular weight excluding hydrogens is 267 g/mol. The lowest BCUT2D eigenvalue weighted by Gasteiger charge is -2.09. The van der Waals surface area contributed by atoms with Crippen molar-refractivity contribution < 1.29 is 9.18 Å². The Morgan fingerprint density at radius 3 is 2.38 bits per heavy atom. The number of rotatable bonds is 3. The summed E-state index contributed by atoms with van der Waals surface area (Å²) in [6.07, 6.45) is 0. The van der Waals surface area contributed by atoms with Crippen LogP contribution in [0.3, 0.4) is 0 Å². The molecule has 2 aromatic rings. The Morgan fingerprint density at radius 1 is 1.19 bits per heavy atom. The summed E-state index contributed by atoms with van der Waals surface area (Å²) < 4.78 is 13.7. The van der Waals surface area contributed by atoms with Gasteiger partial charge < -0.3 is 5.32 Å². The minimum atomic E-state index is -0.703. The minimum absolute atomic E-state index is 0.0815. The zero-order chi connectivity index (χ0) is 15.4. The predicted molar refractivity (Wildman–Crippen MR) is 79.6 cm³/mol. The van der Waals surface area contributed by atoms with Gasteiger partial charge in [-0.05, 0) is 41.8 Å². The largest absolute Gasteiger partial charge is 0.322 e. The maximum Gasteiger partial charge on any atom is 0.258 e. The van der Waals surface area contributed by atoms with Gasteiger partial charge in [-0.25, -0.2) is 4.39 Å². The van der Waals surface area contributed by atoms with Gasteiger partial charge in [0.25, 0.3) is 5.91 Å². The van der Waals surface area contributed by atoms with Crippen molar-refractivity contribution in [3.8, 4) is 6.07 Å². The summed E-state index contributed by atoms with van der Waals surface area (Å²) in [6.45, 7) is 4.17. The van der Waals surface area contributed by atoms with Crippen molar-refractivity contribution in [1.29, 1.82) is 5.26 Å². The van der Waals surface area contributed by atoms with Crippen LogP contribution in [0.15, 0.2) is 42.5 Å². The number of anilines is 1. The third-order valence-corrected chi connectivity index (χ3v) is 3.18. The zero-order valence-corrected chi connectivity index (χ0v) is 11.9. The highest BCUT2D eigenvalue weighted by molar-refractivity contribution is 6.04. The molecule has 0 spiro atoms. The van der Waals surface area contributed by atoms with Crippen LogP contribution in [0.4, 0.5) is 10.1 Å². The molecule has 21 heavy (non-hydrogen) atoms. The fourth-order valence-corrected chi connectivity index (χ4v) is 1.92. The van der Waals surface area contributed by atoms with Crippen molar-refractivity contribution in [2.45, 2.75) is 19.8 Å². The number of amides is 1. The normalized spacial score (nSPS) is 10.2. The number of hydrogen-bond acceptors (Lipinski definition) is 2. The van der Waals surface area contributed by atoms with Crippen LogP contribution in [0, 0.1) is 17.1 Å². The number of nitrogens with zero attached hydrogens (tertiary/aromatic N) is 1. The second-order valence-corrected chi connectivity index (χ2v) is 5.04. The van der Waals surface area contributed by atoms with E-state index in [9.17, 15) is 9.18 Å². The Bertz CT molecular complexity index is 700. The average Bonchev–Trinajstić information content (AvgIpc) is 2.47. The van der Waals surface area contributed by atoms with E-state index in [0.29, 0.717) is 11.6 Å². The first-order valence-corrected chi connectivity index (χ1v) is 6.62. The Kier molecular flexibility index (Phi) is 4.34. The molecule has 0 fully saturated rings. The maximum absolute atomic E-state index is 13.7. The maximum atomic E-state index is 13.7. The fraction of sp³-hybridized carbons (Fsp3) is 0.176. The van der Waals surface area contributed by atoms with Gasteiger partial charge in [-0.15, -0.1) is 0 Å². The van der Waals surface area contributed by atoms with E-state index in [1.807, 2.05) is 18.2 Å². The Hall–Kier alpha value is -2.67. The van der Waals surface area contributed by atoms with Crippen molar-refractivity contribution in [2.24, 2.45) is 0 Å². The highest BCUT2D eigenvalue weighted by Crippen LogP contribution is 2.18. The van der Waals surface area contributed by atoms with Gasteiger partial charge >= 0.3 is 0 Å². The second-order valence-electron chi connectivity index (χ2n) is 5.04. The van der Waals surface area contributed by atoms with Gasteiger partial charge in [-0.3, -0.25) is 4.79 Å². The molecule has 0 heterocycles. The Morgan fingerprint density at radius 2 is 1.86 bits per heavy atom. The van der Waals surface area contributed by atoms with E-state index < -0.39 is 11.7 Å². The van der Waals surface area contributed by atoms with Crippen LogP contribution in [0.25, 0.3) is 0 Å². The topological polar surface area (TPSA) is 52.9 Å². The molecule has 0 saturated heterocycles. The van der Waals surface area contributed by atoms with Crippen molar-refractivity contribution in [1.82, 2.24) is 0 Å². The first-order valence-electron chi connectivity index (χ1n) is 6.62. The van der Waals surface area contributed by atoms with Crippen molar-refractivity contribution >= 4 is 11.6 Å². The van der Waals surface area contributed by atoms with Crippen LogP contribution in [0.1, 0.15) is 41.3 Å². The quantitative estimate of drug-likeness (QED) is 0.922. The van der Waals surface area contributed by atoms with Crippen LogP contribution < -0.4 is 5.32 Å². The molecule has 106 valence electrons. The smallest absolute Gasteiger partial charge is 0.258 e. The number of hydrogen-bond donors (Lipinski definition) is 1. The number of nitrogens with one attached hydrogen (secondary N) is 1. The standard InChI is InChI=1S/C17H15FN2O/c1-11(2)13-4-6-14(7-5-13)20-17(21)15-8-3-12(10-19)9-16(15)18/h3-9,11H,1-2H3,(H,20,21). The minimum Gasteiger partial charge on any atom is -0.322 e. The lowest BCUT2D eigenvalue weighted by Crippen LogP contribution is -2.13. The van der Waals surface area contributed by atoms with Gasteiger partial charge in [-0.2, -0.15) is 5.26 Å². The van der Waals surface area contributed by atoms with Crippen molar-refractivity contribution in [2.75, 3.05) is 5.32 Å². The van der Waals surface area contributed by atoms with E-state index in [0.717, 1.165) is 11.6 Å². The van der Waals surface area contributed by atoms with E-state index in [1.54, 1.807) is 12.1 Å². The molecule has 3 nitrogen and oxygen atoms in total. The average molecular weight is 282 g/mol. The van der Waals surface area contributed by atoms with E-state index in [-0.39, 0.29) is 11.1 Å². The second kappa shape index (κ2) is 6.19. The summed E-state index contributed by atoms with van der Waals surface area (Å²) in [5.41, 5.74) is 1.87. The summed E-state index contributed by atoms with van der Waals surface area (Å²) in [5, 5.41) is 11.3. The molecule has 0 radical (unpaired) electrons. The van der Waals surface area contributed by atoms with E-state index >= 15 is 0 Å². The molecule has 2 rings (SSSR count). The highest BCUT2D eigenvalue weighted by Gasteiger charge is 2.12. The molecule has 0 aliphatic rings. The first-order chi connectivity index (χ1) is 10.0. The Balaban J connectivity index is 2.16. The van der Waals surface area contributed by atoms with Crippen LogP contribution in [-0.4, -0.2) is 5.91 Å². The summed E-state index contributed by atoms with van der Waals surface area (Å²) in [7, 11) is 0. The lowest BCUT2D eigenvalue weighted by molar-refractivity contribution is 0.102. The van der Waals surface area contributed by atoms with Gasteiger partial charge in [0.2, 0.25) is 0 Å². The summed E-state index contributed by atoms with van der Waals surface area (Å²) in [6, 6.07) is 13.0. The molecule has 0 aromatic heterocycles. The predicted octanol–water partition coefficient (Wildman–Crippen LogP) is 4.07. The molecule has 4 heteroatoms. The van der Waals surface area contributed by atoms with Crippen LogP contribution in [0.2, 0.25) is 0 Å². The molecule has 1 N–H and O–H groups in total. The van der Waals surface area contributed by atoms with Crippen LogP contribution in [0.5, 0.6) is 0 Å². The first kappa shape index (κ1) is 14.7. The van der Waals surface area contributed by atoms with Crippen LogP contribution in [-0.2, 0) is 0 Å². The third-order valence-electron chi connectivity index (χ3n) is 3.18. The van der Waals surface area contributed by atoms with E-state index in [1.165, 1.54) is 12.1 Å². The number of halogens is 1. The SMILES string of the molecule is CC(C)c1ccc(NC(=O)c2ccc(C#N)cc2F)cc1. The summed E-state index contributed by atoms with van der Waals surface area (Å²) in [5.74, 6) is -0.828.